The molecule has 0 spiro atoms. The first-order valence-corrected chi connectivity index (χ1v) is 7.10. The van der Waals surface area contributed by atoms with E-state index < -0.39 is 0 Å². The third kappa shape index (κ3) is 2.31. The van der Waals surface area contributed by atoms with Gasteiger partial charge in [-0.1, -0.05) is 68.7 Å². The van der Waals surface area contributed by atoms with Crippen molar-refractivity contribution in [2.75, 3.05) is 0 Å². The third-order valence-electron chi connectivity index (χ3n) is 6.06. The molecule has 0 saturated carbocycles. The highest BCUT2D eigenvalue weighted by Gasteiger charge is 2.51. The Morgan fingerprint density at radius 1 is 0.812 bits per heavy atom. The van der Waals surface area contributed by atoms with Gasteiger partial charge < -0.3 is 0 Å². The first-order chi connectivity index (χ1) is 7.10. The Bertz CT molecular complexity index is 211. The van der Waals surface area contributed by atoms with Crippen molar-refractivity contribution >= 4 is 0 Å². The molecule has 0 fully saturated rings. The van der Waals surface area contributed by atoms with Crippen LogP contribution < -0.4 is 0 Å². The molecule has 0 N–H and O–H groups in total. The lowest BCUT2D eigenvalue weighted by atomic mass is 9.48. The lowest BCUT2D eigenvalue weighted by Crippen LogP contribution is -2.49. The van der Waals surface area contributed by atoms with Crippen LogP contribution in [0.15, 0.2) is 0 Å². The number of rotatable bonds is 5. The smallest absolute Gasteiger partial charge is 0.0224 e. The van der Waals surface area contributed by atoms with E-state index in [4.69, 9.17) is 0 Å². The van der Waals surface area contributed by atoms with E-state index in [-0.39, 0.29) is 0 Å². The molecule has 0 aromatic rings. The molecule has 0 aromatic carbocycles. The molecule has 0 amide bonds. The highest BCUT2D eigenvalue weighted by atomic mass is 14.6. The second kappa shape index (κ2) is 5.10. The summed E-state index contributed by atoms with van der Waals surface area (Å²) in [6.45, 7) is 21.7. The van der Waals surface area contributed by atoms with Crippen molar-refractivity contribution in [3.05, 3.63) is 0 Å². The molecule has 0 aliphatic rings. The van der Waals surface area contributed by atoms with Crippen LogP contribution in [-0.2, 0) is 0 Å². The minimum Gasteiger partial charge on any atom is -0.0651 e. The van der Waals surface area contributed by atoms with Gasteiger partial charge in [-0.05, 0) is 35.0 Å². The van der Waals surface area contributed by atoms with E-state index >= 15 is 0 Å². The molecule has 0 heteroatoms. The van der Waals surface area contributed by atoms with E-state index in [1.54, 1.807) is 0 Å². The summed E-state index contributed by atoms with van der Waals surface area (Å²) in [7, 11) is 0. The van der Waals surface area contributed by atoms with Crippen LogP contribution in [0, 0.1) is 22.2 Å². The first-order valence-electron chi connectivity index (χ1n) is 7.10. The fourth-order valence-electron chi connectivity index (χ4n) is 3.52. The fourth-order valence-corrected chi connectivity index (χ4v) is 3.52. The third-order valence-corrected chi connectivity index (χ3v) is 6.06. The standard InChI is InChI=1S/C16H34/c1-10-13(4)15(8,11-2)16(9,12-3)14(5,6)7/h13H,10-12H2,1-9H3. The maximum Gasteiger partial charge on any atom is -0.0224 e. The summed E-state index contributed by atoms with van der Waals surface area (Å²) < 4.78 is 0. The Balaban J connectivity index is 5.49. The molecule has 0 aromatic heterocycles. The van der Waals surface area contributed by atoms with Crippen molar-refractivity contribution < 1.29 is 0 Å². The lowest BCUT2D eigenvalue weighted by Gasteiger charge is -2.57. The minimum absolute atomic E-state index is 0.371. The second-order valence-electron chi connectivity index (χ2n) is 7.02. The van der Waals surface area contributed by atoms with E-state index in [1.807, 2.05) is 0 Å². The highest BCUT2D eigenvalue weighted by molar-refractivity contribution is 5.00. The zero-order valence-corrected chi connectivity index (χ0v) is 13.2. The van der Waals surface area contributed by atoms with Crippen LogP contribution in [-0.4, -0.2) is 0 Å². The largest absolute Gasteiger partial charge is 0.0651 e. The summed E-state index contributed by atoms with van der Waals surface area (Å²) in [5.41, 5.74) is 1.22. The van der Waals surface area contributed by atoms with Gasteiger partial charge in [0.05, 0.1) is 0 Å². The summed E-state index contributed by atoms with van der Waals surface area (Å²) in [4.78, 5) is 0. The zero-order chi connectivity index (χ0) is 13.2. The van der Waals surface area contributed by atoms with Gasteiger partial charge in [-0.3, -0.25) is 0 Å². The first kappa shape index (κ1) is 16.0. The van der Waals surface area contributed by atoms with Crippen molar-refractivity contribution in [1.29, 1.82) is 0 Å². The molecule has 0 rings (SSSR count). The van der Waals surface area contributed by atoms with Crippen LogP contribution in [0.5, 0.6) is 0 Å². The molecule has 98 valence electrons. The Hall–Kier alpha value is 0. The van der Waals surface area contributed by atoms with E-state index in [0.29, 0.717) is 16.2 Å². The van der Waals surface area contributed by atoms with Crippen LogP contribution in [0.2, 0.25) is 0 Å². The maximum absolute atomic E-state index is 2.51. The van der Waals surface area contributed by atoms with Gasteiger partial charge in [-0.2, -0.15) is 0 Å². The van der Waals surface area contributed by atoms with Crippen molar-refractivity contribution in [1.82, 2.24) is 0 Å². The molecule has 16 heavy (non-hydrogen) atoms. The maximum atomic E-state index is 2.51. The quantitative estimate of drug-likeness (QED) is 0.546. The molecule has 3 unspecified atom stereocenters. The van der Waals surface area contributed by atoms with Gasteiger partial charge in [0.2, 0.25) is 0 Å². The summed E-state index contributed by atoms with van der Waals surface area (Å²) >= 11 is 0. The van der Waals surface area contributed by atoms with Crippen LogP contribution >= 0.6 is 0 Å². The SMILES string of the molecule is CCC(C)C(C)(CC)C(C)(CC)C(C)(C)C. The number of hydrogen-bond donors (Lipinski definition) is 0. The molecule has 3 atom stereocenters. The Labute approximate surface area is 104 Å². The molecule has 0 aliphatic carbocycles. The van der Waals surface area contributed by atoms with Gasteiger partial charge >= 0.3 is 0 Å². The van der Waals surface area contributed by atoms with Crippen LogP contribution in [0.3, 0.4) is 0 Å². The number of hydrogen-bond acceptors (Lipinski definition) is 0. The monoisotopic (exact) mass is 226 g/mol. The molecule has 0 heterocycles. The van der Waals surface area contributed by atoms with Crippen LogP contribution in [0.1, 0.15) is 81.6 Å². The van der Waals surface area contributed by atoms with Gasteiger partial charge in [-0.15, -0.1) is 0 Å². The van der Waals surface area contributed by atoms with Gasteiger partial charge in [0.1, 0.15) is 0 Å². The molecule has 0 saturated heterocycles. The van der Waals surface area contributed by atoms with E-state index in [2.05, 4.69) is 62.3 Å². The summed E-state index contributed by atoms with van der Waals surface area (Å²) in [6, 6.07) is 0. The molecule has 0 nitrogen and oxygen atoms in total. The van der Waals surface area contributed by atoms with Gasteiger partial charge in [0.25, 0.3) is 0 Å². The Kier molecular flexibility index (Phi) is 5.10. The van der Waals surface area contributed by atoms with Crippen molar-refractivity contribution in [3.63, 3.8) is 0 Å². The van der Waals surface area contributed by atoms with Gasteiger partial charge in [-0.25, -0.2) is 0 Å². The molecule has 0 bridgehead atoms. The second-order valence-corrected chi connectivity index (χ2v) is 7.02. The van der Waals surface area contributed by atoms with Crippen molar-refractivity contribution in [2.24, 2.45) is 22.2 Å². The normalized spacial score (nSPS) is 22.3. The molecular weight excluding hydrogens is 192 g/mol. The Morgan fingerprint density at radius 3 is 1.44 bits per heavy atom. The fraction of sp³-hybridized carbons (Fsp3) is 1.00. The zero-order valence-electron chi connectivity index (χ0n) is 13.2. The average Bonchev–Trinajstić information content (AvgIpc) is 2.23. The summed E-state index contributed by atoms with van der Waals surface area (Å²) in [5.74, 6) is 0.793. The predicted molar refractivity (Wildman–Crippen MR) is 75.7 cm³/mol. The highest BCUT2D eigenvalue weighted by Crippen LogP contribution is 2.59. The van der Waals surface area contributed by atoms with E-state index in [1.165, 1.54) is 19.3 Å². The summed E-state index contributed by atoms with van der Waals surface area (Å²) in [5, 5.41) is 0. The van der Waals surface area contributed by atoms with E-state index in [0.717, 1.165) is 5.92 Å². The van der Waals surface area contributed by atoms with E-state index in [9.17, 15) is 0 Å². The van der Waals surface area contributed by atoms with Gasteiger partial charge in [0.15, 0.2) is 0 Å². The molecular formula is C16H34. The van der Waals surface area contributed by atoms with Crippen molar-refractivity contribution in [3.8, 4) is 0 Å². The minimum atomic E-state index is 0.371. The Morgan fingerprint density at radius 2 is 1.25 bits per heavy atom. The lowest BCUT2D eigenvalue weighted by molar-refractivity contribution is -0.0791. The van der Waals surface area contributed by atoms with Crippen LogP contribution in [0.4, 0.5) is 0 Å². The van der Waals surface area contributed by atoms with Crippen LogP contribution in [0.25, 0.3) is 0 Å². The van der Waals surface area contributed by atoms with Crippen molar-refractivity contribution in [2.45, 2.75) is 81.6 Å². The molecule has 0 radical (unpaired) electrons. The summed E-state index contributed by atoms with van der Waals surface area (Å²) in [6.07, 6.45) is 3.84. The topological polar surface area (TPSA) is 0 Å². The predicted octanol–water partition coefficient (Wildman–Crippen LogP) is 5.91. The average molecular weight is 226 g/mol. The van der Waals surface area contributed by atoms with Gasteiger partial charge in [0, 0.05) is 0 Å². The molecule has 0 aliphatic heterocycles.